The summed E-state index contributed by atoms with van der Waals surface area (Å²) in [5.41, 5.74) is -0.518. The Balaban J connectivity index is 2.66. The average molecular weight is 311 g/mol. The standard InChI is InChI=1S/C15H21NO4S/c1-15(2,3)16(9-14(18)19)13(17)10-21-12-7-5-11(20-4)6-8-12/h5-8H,9-10H2,1-4H3,(H,18,19). The summed E-state index contributed by atoms with van der Waals surface area (Å²) in [4.78, 5) is 25.4. The zero-order valence-electron chi connectivity index (χ0n) is 12.8. The van der Waals surface area contributed by atoms with Crippen LogP contribution in [0.25, 0.3) is 0 Å². The van der Waals surface area contributed by atoms with Crippen LogP contribution >= 0.6 is 11.8 Å². The molecule has 0 atom stereocenters. The van der Waals surface area contributed by atoms with Gasteiger partial charge in [-0.25, -0.2) is 0 Å². The Morgan fingerprint density at radius 3 is 2.24 bits per heavy atom. The van der Waals surface area contributed by atoms with Gasteiger partial charge in [0.25, 0.3) is 0 Å². The van der Waals surface area contributed by atoms with Crippen molar-refractivity contribution in [2.75, 3.05) is 19.4 Å². The van der Waals surface area contributed by atoms with E-state index in [0.717, 1.165) is 10.6 Å². The van der Waals surface area contributed by atoms with Gasteiger partial charge in [-0.15, -0.1) is 11.8 Å². The number of carboxylic acids is 1. The fraction of sp³-hybridized carbons (Fsp3) is 0.467. The maximum Gasteiger partial charge on any atom is 0.323 e. The van der Waals surface area contributed by atoms with Gasteiger partial charge in [0, 0.05) is 10.4 Å². The summed E-state index contributed by atoms with van der Waals surface area (Å²) in [7, 11) is 1.60. The second kappa shape index (κ2) is 7.36. The van der Waals surface area contributed by atoms with Crippen LogP contribution in [0.2, 0.25) is 0 Å². The molecule has 21 heavy (non-hydrogen) atoms. The predicted octanol–water partition coefficient (Wildman–Crippen LogP) is 2.50. The Kier molecular flexibility index (Phi) is 6.08. The molecular weight excluding hydrogens is 290 g/mol. The van der Waals surface area contributed by atoms with E-state index in [1.54, 1.807) is 7.11 Å². The van der Waals surface area contributed by atoms with Gasteiger partial charge in [-0.2, -0.15) is 0 Å². The minimum Gasteiger partial charge on any atom is -0.497 e. The van der Waals surface area contributed by atoms with Crippen molar-refractivity contribution in [2.45, 2.75) is 31.2 Å². The van der Waals surface area contributed by atoms with Crippen molar-refractivity contribution in [3.05, 3.63) is 24.3 Å². The van der Waals surface area contributed by atoms with E-state index in [0.29, 0.717) is 0 Å². The van der Waals surface area contributed by atoms with Crippen LogP contribution in [-0.2, 0) is 9.59 Å². The summed E-state index contributed by atoms with van der Waals surface area (Å²) >= 11 is 1.38. The van der Waals surface area contributed by atoms with Gasteiger partial charge < -0.3 is 14.7 Å². The molecule has 116 valence electrons. The van der Waals surface area contributed by atoms with Crippen molar-refractivity contribution >= 4 is 23.6 Å². The summed E-state index contributed by atoms with van der Waals surface area (Å²) in [5, 5.41) is 8.92. The van der Waals surface area contributed by atoms with Crippen LogP contribution in [0.3, 0.4) is 0 Å². The van der Waals surface area contributed by atoms with E-state index in [9.17, 15) is 9.59 Å². The zero-order chi connectivity index (χ0) is 16.0. The molecule has 0 bridgehead atoms. The highest BCUT2D eigenvalue weighted by atomic mass is 32.2. The molecule has 0 fully saturated rings. The van der Waals surface area contributed by atoms with E-state index in [-0.39, 0.29) is 18.2 Å². The number of methoxy groups -OCH3 is 1. The quantitative estimate of drug-likeness (QED) is 0.818. The molecule has 1 amide bonds. The summed E-state index contributed by atoms with van der Waals surface area (Å²) < 4.78 is 5.07. The number of carbonyl (C=O) groups excluding carboxylic acids is 1. The van der Waals surface area contributed by atoms with Gasteiger partial charge in [0.1, 0.15) is 12.3 Å². The van der Waals surface area contributed by atoms with E-state index in [2.05, 4.69) is 0 Å². The van der Waals surface area contributed by atoms with Crippen LogP contribution in [0.1, 0.15) is 20.8 Å². The number of carbonyl (C=O) groups is 2. The first-order valence-corrected chi connectivity index (χ1v) is 7.51. The van der Waals surface area contributed by atoms with Crippen molar-refractivity contribution in [3.8, 4) is 5.75 Å². The first-order valence-electron chi connectivity index (χ1n) is 6.53. The molecule has 1 rings (SSSR count). The smallest absolute Gasteiger partial charge is 0.323 e. The van der Waals surface area contributed by atoms with Crippen LogP contribution < -0.4 is 4.74 Å². The number of ether oxygens (including phenoxy) is 1. The van der Waals surface area contributed by atoms with Gasteiger partial charge in [0.15, 0.2) is 0 Å². The third-order valence-corrected chi connectivity index (χ3v) is 3.82. The zero-order valence-corrected chi connectivity index (χ0v) is 13.6. The molecule has 0 saturated carbocycles. The third-order valence-electron chi connectivity index (χ3n) is 2.83. The molecule has 0 aromatic heterocycles. The fourth-order valence-electron chi connectivity index (χ4n) is 1.73. The second-order valence-electron chi connectivity index (χ2n) is 5.51. The highest BCUT2D eigenvalue weighted by molar-refractivity contribution is 8.00. The molecule has 1 aromatic rings. The predicted molar refractivity (Wildman–Crippen MR) is 82.8 cm³/mol. The SMILES string of the molecule is COc1ccc(SCC(=O)N(CC(=O)O)C(C)(C)C)cc1. The summed E-state index contributed by atoms with van der Waals surface area (Å²) in [6.07, 6.45) is 0. The number of hydrogen-bond donors (Lipinski definition) is 1. The van der Waals surface area contributed by atoms with Crippen LogP contribution in [0.5, 0.6) is 5.75 Å². The lowest BCUT2D eigenvalue weighted by molar-refractivity contribution is -0.146. The maximum atomic E-state index is 12.2. The van der Waals surface area contributed by atoms with Crippen molar-refractivity contribution in [3.63, 3.8) is 0 Å². The van der Waals surface area contributed by atoms with Crippen LogP contribution in [0.4, 0.5) is 0 Å². The summed E-state index contributed by atoms with van der Waals surface area (Å²) in [6, 6.07) is 7.39. The minimum atomic E-state index is -1.01. The Labute approximate surface area is 129 Å². The van der Waals surface area contributed by atoms with Crippen molar-refractivity contribution in [2.24, 2.45) is 0 Å². The topological polar surface area (TPSA) is 66.8 Å². The van der Waals surface area contributed by atoms with E-state index in [4.69, 9.17) is 9.84 Å². The Morgan fingerprint density at radius 1 is 1.24 bits per heavy atom. The molecule has 0 aliphatic rings. The van der Waals surface area contributed by atoms with E-state index in [1.165, 1.54) is 16.7 Å². The molecule has 0 unspecified atom stereocenters. The van der Waals surface area contributed by atoms with Gasteiger partial charge >= 0.3 is 5.97 Å². The van der Waals surface area contributed by atoms with Crippen LogP contribution in [0.15, 0.2) is 29.2 Å². The van der Waals surface area contributed by atoms with E-state index in [1.807, 2.05) is 45.0 Å². The number of aliphatic carboxylic acids is 1. The molecule has 0 heterocycles. The molecule has 0 saturated heterocycles. The normalized spacial score (nSPS) is 11.0. The minimum absolute atomic E-state index is 0.189. The van der Waals surface area contributed by atoms with Crippen molar-refractivity contribution in [1.29, 1.82) is 0 Å². The summed E-state index contributed by atoms with van der Waals surface area (Å²) in [6.45, 7) is 5.19. The largest absolute Gasteiger partial charge is 0.497 e. The van der Waals surface area contributed by atoms with Gasteiger partial charge in [-0.05, 0) is 45.0 Å². The molecular formula is C15H21NO4S. The molecule has 0 aliphatic carbocycles. The lowest BCUT2D eigenvalue weighted by Gasteiger charge is -2.34. The molecule has 1 aromatic carbocycles. The van der Waals surface area contributed by atoms with E-state index < -0.39 is 11.5 Å². The second-order valence-corrected chi connectivity index (χ2v) is 6.56. The maximum absolute atomic E-state index is 12.2. The molecule has 1 N–H and O–H groups in total. The number of carboxylic acid groups (broad SMARTS) is 1. The number of hydrogen-bond acceptors (Lipinski definition) is 4. The lowest BCUT2D eigenvalue weighted by Crippen LogP contribution is -2.49. The number of rotatable bonds is 6. The summed E-state index contributed by atoms with van der Waals surface area (Å²) in [5.74, 6) is -0.233. The molecule has 0 aliphatic heterocycles. The molecule has 6 heteroatoms. The third kappa shape index (κ3) is 5.67. The highest BCUT2D eigenvalue weighted by Crippen LogP contribution is 2.23. The van der Waals surface area contributed by atoms with Gasteiger partial charge in [-0.1, -0.05) is 0 Å². The number of nitrogens with zero attached hydrogens (tertiary/aromatic N) is 1. The fourth-order valence-corrected chi connectivity index (χ4v) is 2.50. The average Bonchev–Trinajstić information content (AvgIpc) is 2.41. The first-order chi connectivity index (χ1) is 9.74. The Hall–Kier alpha value is -1.69. The number of thioether (sulfide) groups is 1. The van der Waals surface area contributed by atoms with E-state index >= 15 is 0 Å². The molecule has 0 radical (unpaired) electrons. The van der Waals surface area contributed by atoms with Crippen LogP contribution in [-0.4, -0.2) is 46.8 Å². The lowest BCUT2D eigenvalue weighted by atomic mass is 10.1. The Bertz CT molecular complexity index is 493. The first kappa shape index (κ1) is 17.4. The van der Waals surface area contributed by atoms with Crippen molar-refractivity contribution < 1.29 is 19.4 Å². The number of amides is 1. The highest BCUT2D eigenvalue weighted by Gasteiger charge is 2.28. The monoisotopic (exact) mass is 311 g/mol. The van der Waals surface area contributed by atoms with Crippen molar-refractivity contribution in [1.82, 2.24) is 4.90 Å². The van der Waals surface area contributed by atoms with Crippen LogP contribution in [0, 0.1) is 0 Å². The Morgan fingerprint density at radius 2 is 1.81 bits per heavy atom. The van der Waals surface area contributed by atoms with Gasteiger partial charge in [0.05, 0.1) is 12.9 Å². The molecule has 5 nitrogen and oxygen atoms in total. The van der Waals surface area contributed by atoms with Gasteiger partial charge in [-0.3, -0.25) is 9.59 Å². The molecule has 0 spiro atoms. The van der Waals surface area contributed by atoms with Gasteiger partial charge in [0.2, 0.25) is 5.91 Å². The number of benzene rings is 1.